The molecular formula is C11H21N3O2. The van der Waals surface area contributed by atoms with E-state index in [1.807, 2.05) is 11.8 Å². The molecule has 1 saturated heterocycles. The van der Waals surface area contributed by atoms with Gasteiger partial charge in [-0.25, -0.2) is 0 Å². The number of piperidine rings is 1. The van der Waals surface area contributed by atoms with Crippen LogP contribution in [-0.2, 0) is 9.59 Å². The second kappa shape index (κ2) is 5.84. The quantitative estimate of drug-likeness (QED) is 0.704. The second-order valence-corrected chi connectivity index (χ2v) is 4.30. The standard InChI is InChI=1S/C11H21N3O2/c1-3-10(12)11(16)13-9-4-6-14(7-5-9)8(2)15/h9-10H,3-7,12H2,1-2H3,(H,13,16)/t10-/m1/s1. The Bertz CT molecular complexity index is 260. The highest BCUT2D eigenvalue weighted by Crippen LogP contribution is 2.10. The molecule has 1 fully saturated rings. The number of likely N-dealkylation sites (tertiary alicyclic amines) is 1. The van der Waals surface area contributed by atoms with Crippen molar-refractivity contribution in [3.8, 4) is 0 Å². The Kier molecular flexibility index (Phi) is 4.73. The van der Waals surface area contributed by atoms with E-state index in [4.69, 9.17) is 5.73 Å². The van der Waals surface area contributed by atoms with Gasteiger partial charge in [-0.3, -0.25) is 9.59 Å². The zero-order valence-corrected chi connectivity index (χ0v) is 10.0. The molecule has 0 aromatic carbocycles. The van der Waals surface area contributed by atoms with E-state index in [2.05, 4.69) is 5.32 Å². The summed E-state index contributed by atoms with van der Waals surface area (Å²) in [5.41, 5.74) is 5.63. The first-order chi connectivity index (χ1) is 7.54. The average Bonchev–Trinajstić information content (AvgIpc) is 2.28. The zero-order chi connectivity index (χ0) is 12.1. The third-order valence-corrected chi connectivity index (χ3v) is 3.06. The van der Waals surface area contributed by atoms with Gasteiger partial charge in [0.25, 0.3) is 0 Å². The lowest BCUT2D eigenvalue weighted by Gasteiger charge is -2.32. The molecule has 5 heteroatoms. The number of carbonyl (C=O) groups is 2. The van der Waals surface area contributed by atoms with Crippen molar-refractivity contribution >= 4 is 11.8 Å². The van der Waals surface area contributed by atoms with Gasteiger partial charge in [-0.05, 0) is 19.3 Å². The van der Waals surface area contributed by atoms with E-state index in [1.54, 1.807) is 6.92 Å². The van der Waals surface area contributed by atoms with Crippen LogP contribution < -0.4 is 11.1 Å². The monoisotopic (exact) mass is 227 g/mol. The number of hydrogen-bond donors (Lipinski definition) is 2. The first-order valence-corrected chi connectivity index (χ1v) is 5.86. The summed E-state index contributed by atoms with van der Waals surface area (Å²) in [6.45, 7) is 4.91. The highest BCUT2D eigenvalue weighted by molar-refractivity contribution is 5.81. The largest absolute Gasteiger partial charge is 0.352 e. The maximum Gasteiger partial charge on any atom is 0.237 e. The second-order valence-electron chi connectivity index (χ2n) is 4.30. The minimum Gasteiger partial charge on any atom is -0.352 e. The summed E-state index contributed by atoms with van der Waals surface area (Å²) in [6, 6.07) is -0.244. The fraction of sp³-hybridized carbons (Fsp3) is 0.818. The third-order valence-electron chi connectivity index (χ3n) is 3.06. The molecular weight excluding hydrogens is 206 g/mol. The maximum absolute atomic E-state index is 11.5. The summed E-state index contributed by atoms with van der Waals surface area (Å²) in [5, 5.41) is 2.93. The summed E-state index contributed by atoms with van der Waals surface area (Å²) in [7, 11) is 0. The fourth-order valence-electron chi connectivity index (χ4n) is 1.83. The first kappa shape index (κ1) is 13.0. The highest BCUT2D eigenvalue weighted by atomic mass is 16.2. The van der Waals surface area contributed by atoms with Gasteiger partial charge in [-0.2, -0.15) is 0 Å². The average molecular weight is 227 g/mol. The van der Waals surface area contributed by atoms with Crippen LogP contribution in [0.1, 0.15) is 33.1 Å². The molecule has 1 heterocycles. The van der Waals surface area contributed by atoms with Crippen molar-refractivity contribution in [2.24, 2.45) is 5.73 Å². The van der Waals surface area contributed by atoms with E-state index < -0.39 is 6.04 Å². The molecule has 0 radical (unpaired) electrons. The van der Waals surface area contributed by atoms with Crippen molar-refractivity contribution in [1.82, 2.24) is 10.2 Å². The molecule has 1 aliphatic rings. The first-order valence-electron chi connectivity index (χ1n) is 5.86. The molecule has 0 unspecified atom stereocenters. The van der Waals surface area contributed by atoms with E-state index in [1.165, 1.54) is 0 Å². The number of nitrogens with zero attached hydrogens (tertiary/aromatic N) is 1. The van der Waals surface area contributed by atoms with Crippen molar-refractivity contribution in [1.29, 1.82) is 0 Å². The Balaban J connectivity index is 2.32. The number of carbonyl (C=O) groups excluding carboxylic acids is 2. The Hall–Kier alpha value is -1.10. The van der Waals surface area contributed by atoms with E-state index in [-0.39, 0.29) is 17.9 Å². The van der Waals surface area contributed by atoms with Crippen molar-refractivity contribution < 1.29 is 9.59 Å². The van der Waals surface area contributed by atoms with Crippen molar-refractivity contribution in [2.45, 2.75) is 45.2 Å². The maximum atomic E-state index is 11.5. The predicted octanol–water partition coefficient (Wildman–Crippen LogP) is -0.149. The molecule has 0 aromatic heterocycles. The molecule has 5 nitrogen and oxygen atoms in total. The van der Waals surface area contributed by atoms with Crippen LogP contribution in [0.5, 0.6) is 0 Å². The molecule has 1 aliphatic heterocycles. The van der Waals surface area contributed by atoms with Gasteiger partial charge in [0.15, 0.2) is 0 Å². The summed E-state index contributed by atoms with van der Waals surface area (Å²) in [6.07, 6.45) is 2.29. The molecule has 92 valence electrons. The van der Waals surface area contributed by atoms with Gasteiger partial charge in [0, 0.05) is 26.1 Å². The number of nitrogens with one attached hydrogen (secondary N) is 1. The van der Waals surface area contributed by atoms with E-state index in [0.29, 0.717) is 6.42 Å². The minimum atomic E-state index is -0.411. The molecule has 3 N–H and O–H groups in total. The Morgan fingerprint density at radius 2 is 2.00 bits per heavy atom. The minimum absolute atomic E-state index is 0.0798. The number of nitrogens with two attached hydrogens (primary N) is 1. The molecule has 1 atom stereocenters. The molecule has 16 heavy (non-hydrogen) atoms. The number of amides is 2. The molecule has 1 rings (SSSR count). The molecule has 2 amide bonds. The smallest absolute Gasteiger partial charge is 0.237 e. The summed E-state index contributed by atoms with van der Waals surface area (Å²) in [4.78, 5) is 24.4. The van der Waals surface area contributed by atoms with Crippen LogP contribution in [0, 0.1) is 0 Å². The molecule has 0 aliphatic carbocycles. The molecule has 0 bridgehead atoms. The van der Waals surface area contributed by atoms with E-state index >= 15 is 0 Å². The van der Waals surface area contributed by atoms with Crippen LogP contribution in [0.4, 0.5) is 0 Å². The normalized spacial score (nSPS) is 19.3. The van der Waals surface area contributed by atoms with Gasteiger partial charge < -0.3 is 16.0 Å². The highest BCUT2D eigenvalue weighted by Gasteiger charge is 2.23. The molecule has 0 aromatic rings. The van der Waals surface area contributed by atoms with Crippen molar-refractivity contribution in [3.05, 3.63) is 0 Å². The lowest BCUT2D eigenvalue weighted by molar-refractivity contribution is -0.130. The van der Waals surface area contributed by atoms with Gasteiger partial charge in [-0.1, -0.05) is 6.92 Å². The summed E-state index contributed by atoms with van der Waals surface area (Å²) < 4.78 is 0. The SMILES string of the molecule is CC[C@@H](N)C(=O)NC1CCN(C(C)=O)CC1. The van der Waals surface area contributed by atoms with Gasteiger partial charge in [0.1, 0.15) is 0 Å². The Morgan fingerprint density at radius 3 is 2.44 bits per heavy atom. The van der Waals surface area contributed by atoms with Crippen molar-refractivity contribution in [3.63, 3.8) is 0 Å². The lowest BCUT2D eigenvalue weighted by Crippen LogP contribution is -2.50. The predicted molar refractivity (Wildman–Crippen MR) is 61.7 cm³/mol. The number of hydrogen-bond acceptors (Lipinski definition) is 3. The zero-order valence-electron chi connectivity index (χ0n) is 10.0. The Morgan fingerprint density at radius 1 is 1.44 bits per heavy atom. The number of rotatable bonds is 3. The van der Waals surface area contributed by atoms with Gasteiger partial charge in [-0.15, -0.1) is 0 Å². The summed E-state index contributed by atoms with van der Waals surface area (Å²) >= 11 is 0. The van der Waals surface area contributed by atoms with Gasteiger partial charge in [0.2, 0.25) is 11.8 Å². The van der Waals surface area contributed by atoms with Crippen LogP contribution >= 0.6 is 0 Å². The molecule has 0 saturated carbocycles. The third kappa shape index (κ3) is 3.48. The van der Waals surface area contributed by atoms with Crippen LogP contribution in [0.15, 0.2) is 0 Å². The lowest BCUT2D eigenvalue weighted by atomic mass is 10.0. The molecule has 0 spiro atoms. The van der Waals surface area contributed by atoms with Gasteiger partial charge in [0.05, 0.1) is 6.04 Å². The van der Waals surface area contributed by atoms with E-state index in [0.717, 1.165) is 25.9 Å². The van der Waals surface area contributed by atoms with Crippen LogP contribution in [-0.4, -0.2) is 41.9 Å². The summed E-state index contributed by atoms with van der Waals surface area (Å²) in [5.74, 6) is 0.0267. The van der Waals surface area contributed by atoms with Crippen LogP contribution in [0.2, 0.25) is 0 Å². The van der Waals surface area contributed by atoms with Gasteiger partial charge >= 0.3 is 0 Å². The van der Waals surface area contributed by atoms with E-state index in [9.17, 15) is 9.59 Å². The Labute approximate surface area is 96.4 Å². The van der Waals surface area contributed by atoms with Crippen LogP contribution in [0.25, 0.3) is 0 Å². The van der Waals surface area contributed by atoms with Crippen LogP contribution in [0.3, 0.4) is 0 Å². The topological polar surface area (TPSA) is 75.4 Å². The fourth-order valence-corrected chi connectivity index (χ4v) is 1.83. The van der Waals surface area contributed by atoms with Crippen molar-refractivity contribution in [2.75, 3.05) is 13.1 Å².